The van der Waals surface area contributed by atoms with Crippen LogP contribution in [-0.2, 0) is 24.3 Å². The number of fused-ring (bicyclic) bond motifs is 4. The third kappa shape index (κ3) is 7.93. The monoisotopic (exact) mass is 606 g/mol. The Hall–Kier alpha value is -3.27. The van der Waals surface area contributed by atoms with Crippen LogP contribution in [0.15, 0.2) is 51.8 Å². The zero-order valence-corrected chi connectivity index (χ0v) is 24.0. The number of hydrogen-bond acceptors (Lipinski definition) is 10. The van der Waals surface area contributed by atoms with Crippen molar-refractivity contribution in [3.63, 3.8) is 0 Å². The minimum atomic E-state index is -4.44. The zero-order chi connectivity index (χ0) is 29.4. The quantitative estimate of drug-likeness (QED) is 0.0216. The smallest absolute Gasteiger partial charge is 0.303 e. The molecule has 0 fully saturated rings. The second-order valence-corrected chi connectivity index (χ2v) is 11.5. The minimum absolute atomic E-state index is 0.123. The van der Waals surface area contributed by atoms with Crippen molar-refractivity contribution in [3.05, 3.63) is 47.8 Å². The van der Waals surface area contributed by atoms with Gasteiger partial charge in [-0.3, -0.25) is 9.35 Å². The lowest BCUT2D eigenvalue weighted by molar-refractivity contribution is -0.432. The van der Waals surface area contributed by atoms with E-state index in [1.165, 1.54) is 12.1 Å². The Morgan fingerprint density at radius 2 is 1.93 bits per heavy atom. The predicted octanol–water partition coefficient (Wildman–Crippen LogP) is 4.64. The lowest BCUT2D eigenvalue weighted by atomic mass is 10.1. The summed E-state index contributed by atoms with van der Waals surface area (Å²) in [6.07, 6.45) is 2.97. The molecule has 0 atom stereocenters. The first-order chi connectivity index (χ1) is 19.7. The molecule has 0 saturated heterocycles. The first kappa shape index (κ1) is 30.7. The molecule has 41 heavy (non-hydrogen) atoms. The van der Waals surface area contributed by atoms with Gasteiger partial charge in [0.15, 0.2) is 11.3 Å². The number of benzene rings is 3. The summed E-state index contributed by atoms with van der Waals surface area (Å²) in [5.74, 6) is 0.348. The van der Waals surface area contributed by atoms with Gasteiger partial charge >= 0.3 is 5.97 Å². The molecular formula is C27H32N3O9S2+. The average molecular weight is 607 g/mol. The number of carbonyl (C=O) groups is 1. The molecule has 0 amide bonds. The van der Waals surface area contributed by atoms with E-state index in [9.17, 15) is 17.8 Å². The van der Waals surface area contributed by atoms with Crippen LogP contribution >= 0.6 is 12.0 Å². The molecule has 4 N–H and O–H groups in total. The Kier molecular flexibility index (Phi) is 10.5. The Labute approximate surface area is 240 Å². The van der Waals surface area contributed by atoms with Crippen LogP contribution in [0.1, 0.15) is 39.0 Å². The van der Waals surface area contributed by atoms with E-state index in [-0.39, 0.29) is 11.3 Å². The predicted molar refractivity (Wildman–Crippen MR) is 155 cm³/mol. The summed E-state index contributed by atoms with van der Waals surface area (Å²) < 4.78 is 46.4. The number of aromatic nitrogens is 1. The topological polar surface area (TPSA) is 171 Å². The lowest BCUT2D eigenvalue weighted by Gasteiger charge is -2.14. The third-order valence-electron chi connectivity index (χ3n) is 6.60. The van der Waals surface area contributed by atoms with Crippen LogP contribution < -0.4 is 15.2 Å². The molecule has 1 heterocycles. The zero-order valence-electron chi connectivity index (χ0n) is 22.4. The molecule has 0 spiro atoms. The van der Waals surface area contributed by atoms with Crippen LogP contribution in [0.4, 0.5) is 5.69 Å². The largest absolute Gasteiger partial charge is 0.481 e. The summed E-state index contributed by atoms with van der Waals surface area (Å²) in [6.45, 7) is 4.09. The van der Waals surface area contributed by atoms with Gasteiger partial charge in [-0.15, -0.1) is 4.33 Å². The number of carboxylic acid groups (broad SMARTS) is 1. The number of nitrogens with zero attached hydrogens (tertiary/aromatic N) is 2. The fraction of sp³-hybridized carbons (Fsp3) is 0.370. The van der Waals surface area contributed by atoms with E-state index in [0.717, 1.165) is 49.8 Å². The highest BCUT2D eigenvalue weighted by Gasteiger charge is 2.18. The van der Waals surface area contributed by atoms with Crippen molar-refractivity contribution in [3.8, 4) is 11.5 Å². The Morgan fingerprint density at radius 1 is 1.10 bits per heavy atom. The van der Waals surface area contributed by atoms with Gasteiger partial charge < -0.3 is 14.8 Å². The standard InChI is InChI=1S/C27H31N3O9S2/c1-2-30(13-6-14-40-39-38-33)18-8-11-22-24(15-18)37-25-17-23(28-12-5-3-4-7-26(31)32)20-10-9-19(41(34,35)36)16-21(20)27(25)29-22/h8-11,15-17H,2-7,12-14H2,1H3,(H3,31,32,33,34,35,36)/p+1. The molecule has 0 unspecified atom stereocenters. The van der Waals surface area contributed by atoms with Crippen molar-refractivity contribution in [1.29, 1.82) is 0 Å². The summed E-state index contributed by atoms with van der Waals surface area (Å²) in [7, 11) is -4.44. The molecule has 4 rings (SSSR count). The van der Waals surface area contributed by atoms with Gasteiger partial charge in [-0.1, -0.05) is 17.5 Å². The number of unbranched alkanes of at least 4 members (excludes halogenated alkanes) is 2. The SMILES string of the molecule is CC[N+](CCCSOOO)=c1ccc2nc3c(cc(NCCCCCC(=O)O)c4ccc(S(=O)(=O)O)cc43)oc-2c1. The van der Waals surface area contributed by atoms with Gasteiger partial charge in [0.2, 0.25) is 5.36 Å². The average Bonchev–Trinajstić information content (AvgIpc) is 2.94. The number of aliphatic carboxylic acids is 1. The van der Waals surface area contributed by atoms with E-state index in [2.05, 4.69) is 19.3 Å². The molecule has 2 aromatic carbocycles. The molecule has 2 aromatic rings. The van der Waals surface area contributed by atoms with Crippen molar-refractivity contribution >= 4 is 55.7 Å². The Balaban J connectivity index is 1.74. The van der Waals surface area contributed by atoms with Crippen LogP contribution in [0.5, 0.6) is 0 Å². The molecule has 2 aliphatic rings. The van der Waals surface area contributed by atoms with Gasteiger partial charge in [-0.05, 0) is 38.0 Å². The normalized spacial score (nSPS) is 12.8. The summed E-state index contributed by atoms with van der Waals surface area (Å²) in [4.78, 5) is 15.3. The van der Waals surface area contributed by atoms with Gasteiger partial charge in [0.25, 0.3) is 10.1 Å². The van der Waals surface area contributed by atoms with E-state index >= 15 is 0 Å². The molecular weight excluding hydrogens is 574 g/mol. The van der Waals surface area contributed by atoms with Crippen molar-refractivity contribution in [1.82, 2.24) is 9.56 Å². The van der Waals surface area contributed by atoms with Crippen LogP contribution in [0, 0.1) is 0 Å². The van der Waals surface area contributed by atoms with E-state index in [0.29, 0.717) is 57.7 Å². The molecule has 1 aliphatic carbocycles. The molecule has 0 saturated carbocycles. The molecule has 0 bridgehead atoms. The lowest BCUT2D eigenvalue weighted by Crippen LogP contribution is -2.31. The molecule has 14 heteroatoms. The number of carboxylic acids is 1. The fourth-order valence-corrected chi connectivity index (χ4v) is 5.48. The highest BCUT2D eigenvalue weighted by molar-refractivity contribution is 7.94. The van der Waals surface area contributed by atoms with Crippen LogP contribution in [0.3, 0.4) is 0 Å². The van der Waals surface area contributed by atoms with E-state index in [1.54, 1.807) is 6.07 Å². The molecule has 220 valence electrons. The Morgan fingerprint density at radius 3 is 2.66 bits per heavy atom. The van der Waals surface area contributed by atoms with E-state index in [1.807, 2.05) is 31.2 Å². The first-order valence-corrected chi connectivity index (χ1v) is 15.5. The van der Waals surface area contributed by atoms with E-state index < -0.39 is 16.1 Å². The molecule has 0 aromatic heterocycles. The van der Waals surface area contributed by atoms with Gasteiger partial charge in [-0.25, -0.2) is 14.8 Å². The third-order valence-corrected chi connectivity index (χ3v) is 8.06. The van der Waals surface area contributed by atoms with Gasteiger partial charge in [-0.2, -0.15) is 8.42 Å². The maximum Gasteiger partial charge on any atom is 0.303 e. The van der Waals surface area contributed by atoms with Crippen molar-refractivity contribution < 1.29 is 41.9 Å². The highest BCUT2D eigenvalue weighted by atomic mass is 32.2. The van der Waals surface area contributed by atoms with Crippen molar-refractivity contribution in [2.45, 2.75) is 43.9 Å². The minimum Gasteiger partial charge on any atom is -0.481 e. The second kappa shape index (κ2) is 14.1. The summed E-state index contributed by atoms with van der Waals surface area (Å²) >= 11 is 1.01. The second-order valence-electron chi connectivity index (χ2n) is 9.35. The number of anilines is 1. The molecule has 12 nitrogen and oxygen atoms in total. The van der Waals surface area contributed by atoms with E-state index in [4.69, 9.17) is 19.8 Å². The maximum atomic E-state index is 11.9. The summed E-state index contributed by atoms with van der Waals surface area (Å²) in [5, 5.41) is 26.2. The highest BCUT2D eigenvalue weighted by Crippen LogP contribution is 2.35. The number of hydrogen-bond donors (Lipinski definition) is 4. The first-order valence-electron chi connectivity index (χ1n) is 13.1. The summed E-state index contributed by atoms with van der Waals surface area (Å²) in [6, 6.07) is 11.8. The van der Waals surface area contributed by atoms with Crippen molar-refractivity contribution in [2.24, 2.45) is 0 Å². The Bertz CT molecular complexity index is 1670. The maximum absolute atomic E-state index is 11.9. The van der Waals surface area contributed by atoms with Crippen LogP contribution in [0.2, 0.25) is 0 Å². The van der Waals surface area contributed by atoms with Gasteiger partial charge in [0.05, 0.1) is 11.0 Å². The summed E-state index contributed by atoms with van der Waals surface area (Å²) in [5.41, 5.74) is 2.17. The van der Waals surface area contributed by atoms with Gasteiger partial charge in [0.1, 0.15) is 24.3 Å². The van der Waals surface area contributed by atoms with Crippen molar-refractivity contribution in [2.75, 3.05) is 30.7 Å². The fourth-order valence-electron chi connectivity index (χ4n) is 4.62. The number of rotatable bonds is 15. The molecule has 1 aliphatic heterocycles. The van der Waals surface area contributed by atoms with Crippen LogP contribution in [-0.4, -0.2) is 59.7 Å². The van der Waals surface area contributed by atoms with Crippen LogP contribution in [0.25, 0.3) is 33.3 Å². The molecule has 0 radical (unpaired) electrons. The van der Waals surface area contributed by atoms with Gasteiger partial charge in [0, 0.05) is 65.8 Å². The number of nitrogens with one attached hydrogen (secondary N) is 1.